The average Bonchev–Trinajstić information content (AvgIpc) is 3.22. The second-order valence-corrected chi connectivity index (χ2v) is 8.22. The first-order valence-electron chi connectivity index (χ1n) is 10.9. The van der Waals surface area contributed by atoms with Crippen LogP contribution in [0.2, 0.25) is 0 Å². The molecule has 2 aromatic carbocycles. The highest BCUT2D eigenvalue weighted by molar-refractivity contribution is 7.17. The van der Waals surface area contributed by atoms with E-state index < -0.39 is 0 Å². The Bertz CT molecular complexity index is 938. The molecule has 3 rings (SSSR count). The maximum atomic E-state index is 13.5. The second kappa shape index (κ2) is 10.4. The lowest BCUT2D eigenvalue weighted by Gasteiger charge is -2.19. The van der Waals surface area contributed by atoms with Crippen LogP contribution in [0.3, 0.4) is 0 Å². The van der Waals surface area contributed by atoms with E-state index in [-0.39, 0.29) is 11.8 Å². The van der Waals surface area contributed by atoms with Crippen molar-refractivity contribution in [1.29, 1.82) is 0 Å². The highest BCUT2D eigenvalue weighted by atomic mass is 32.1. The highest BCUT2D eigenvalue weighted by Crippen LogP contribution is 2.44. The van der Waals surface area contributed by atoms with Gasteiger partial charge in [0.2, 0.25) is 0 Å². The fourth-order valence-electron chi connectivity index (χ4n) is 3.80. The van der Waals surface area contributed by atoms with Crippen molar-refractivity contribution in [2.45, 2.75) is 27.7 Å². The largest absolute Gasteiger partial charge is 0.338 e. The molecule has 0 unspecified atom stereocenters. The first-order valence-corrected chi connectivity index (χ1v) is 11.7. The summed E-state index contributed by atoms with van der Waals surface area (Å²) < 4.78 is 0. The summed E-state index contributed by atoms with van der Waals surface area (Å²) in [5.74, 6) is -0.0470. The molecule has 5 heteroatoms. The van der Waals surface area contributed by atoms with Crippen molar-refractivity contribution in [2.75, 3.05) is 26.2 Å². The number of benzene rings is 2. The van der Waals surface area contributed by atoms with Gasteiger partial charge in [-0.3, -0.25) is 9.59 Å². The molecule has 0 atom stereocenters. The van der Waals surface area contributed by atoms with Gasteiger partial charge in [0.15, 0.2) is 0 Å². The number of rotatable bonds is 8. The third kappa shape index (κ3) is 4.57. The lowest BCUT2D eigenvalue weighted by Crippen LogP contribution is -2.30. The average molecular weight is 435 g/mol. The number of carbonyl (C=O) groups excluding carboxylic acids is 2. The predicted molar refractivity (Wildman–Crippen MR) is 130 cm³/mol. The number of nitrogens with zero attached hydrogens (tertiary/aromatic N) is 2. The molecule has 0 bridgehead atoms. The minimum absolute atomic E-state index is 0.0235. The SMILES string of the molecule is CCN(CC)C(=O)c1sc(C(=O)N(CC)CC)c(-c2ccccc2)c1-c1ccccc1. The third-order valence-corrected chi connectivity index (χ3v) is 6.69. The summed E-state index contributed by atoms with van der Waals surface area (Å²) >= 11 is 1.33. The van der Waals surface area contributed by atoms with Crippen molar-refractivity contribution in [3.63, 3.8) is 0 Å². The van der Waals surface area contributed by atoms with E-state index >= 15 is 0 Å². The van der Waals surface area contributed by atoms with Gasteiger partial charge < -0.3 is 9.80 Å². The van der Waals surface area contributed by atoms with Gasteiger partial charge in [0.1, 0.15) is 9.75 Å². The van der Waals surface area contributed by atoms with Gasteiger partial charge in [-0.15, -0.1) is 11.3 Å². The van der Waals surface area contributed by atoms with Crippen LogP contribution in [-0.2, 0) is 0 Å². The van der Waals surface area contributed by atoms with Gasteiger partial charge in [0.25, 0.3) is 11.8 Å². The van der Waals surface area contributed by atoms with Crippen molar-refractivity contribution < 1.29 is 9.59 Å². The molecule has 0 fully saturated rings. The molecular weight excluding hydrogens is 404 g/mol. The van der Waals surface area contributed by atoms with Crippen molar-refractivity contribution >= 4 is 23.2 Å². The first-order chi connectivity index (χ1) is 15.1. The van der Waals surface area contributed by atoms with Gasteiger partial charge >= 0.3 is 0 Å². The van der Waals surface area contributed by atoms with E-state index in [1.54, 1.807) is 0 Å². The maximum Gasteiger partial charge on any atom is 0.264 e. The van der Waals surface area contributed by atoms with Crippen molar-refractivity contribution in [3.8, 4) is 22.3 Å². The molecule has 31 heavy (non-hydrogen) atoms. The van der Waals surface area contributed by atoms with E-state index in [0.29, 0.717) is 35.9 Å². The number of hydrogen-bond acceptors (Lipinski definition) is 3. The van der Waals surface area contributed by atoms with E-state index in [1.807, 2.05) is 98.2 Å². The van der Waals surface area contributed by atoms with Crippen LogP contribution in [0.25, 0.3) is 22.3 Å². The fourth-order valence-corrected chi connectivity index (χ4v) is 5.08. The normalized spacial score (nSPS) is 10.7. The molecule has 0 spiro atoms. The molecule has 2 amide bonds. The molecule has 0 saturated heterocycles. The quantitative estimate of drug-likeness (QED) is 0.433. The van der Waals surface area contributed by atoms with Crippen molar-refractivity contribution in [2.24, 2.45) is 0 Å². The Labute approximate surface area is 189 Å². The first kappa shape index (κ1) is 22.8. The van der Waals surface area contributed by atoms with Gasteiger partial charge in [-0.1, -0.05) is 60.7 Å². The molecule has 3 aromatic rings. The van der Waals surface area contributed by atoms with E-state index in [1.165, 1.54) is 11.3 Å². The van der Waals surface area contributed by atoms with Gasteiger partial charge in [0, 0.05) is 37.3 Å². The molecule has 1 aromatic heterocycles. The van der Waals surface area contributed by atoms with E-state index in [9.17, 15) is 9.59 Å². The zero-order chi connectivity index (χ0) is 22.4. The number of thiophene rings is 1. The molecule has 1 heterocycles. The van der Waals surface area contributed by atoms with Gasteiger partial charge in [-0.05, 0) is 38.8 Å². The van der Waals surface area contributed by atoms with Crippen LogP contribution in [0.5, 0.6) is 0 Å². The van der Waals surface area contributed by atoms with Crippen LogP contribution >= 0.6 is 11.3 Å². The van der Waals surface area contributed by atoms with E-state index in [4.69, 9.17) is 0 Å². The summed E-state index contributed by atoms with van der Waals surface area (Å²) in [4.78, 5) is 32.0. The monoisotopic (exact) mass is 434 g/mol. The van der Waals surface area contributed by atoms with Crippen molar-refractivity contribution in [3.05, 3.63) is 70.4 Å². The summed E-state index contributed by atoms with van der Waals surface area (Å²) in [5.41, 5.74) is 3.60. The number of amides is 2. The Hall–Kier alpha value is -2.92. The molecule has 4 nitrogen and oxygen atoms in total. The van der Waals surface area contributed by atoms with Gasteiger partial charge in [0.05, 0.1) is 0 Å². The van der Waals surface area contributed by atoms with Crippen LogP contribution in [0.4, 0.5) is 0 Å². The van der Waals surface area contributed by atoms with Gasteiger partial charge in [-0.25, -0.2) is 0 Å². The van der Waals surface area contributed by atoms with Crippen molar-refractivity contribution in [1.82, 2.24) is 9.80 Å². The van der Waals surface area contributed by atoms with E-state index in [2.05, 4.69) is 0 Å². The molecule has 0 radical (unpaired) electrons. The Morgan fingerprint density at radius 1 is 0.613 bits per heavy atom. The van der Waals surface area contributed by atoms with Crippen LogP contribution in [0.1, 0.15) is 47.0 Å². The summed E-state index contributed by atoms with van der Waals surface area (Å²) in [5, 5.41) is 0. The molecular formula is C26H30N2O2S. The van der Waals surface area contributed by atoms with Crippen LogP contribution < -0.4 is 0 Å². The fraction of sp³-hybridized carbons (Fsp3) is 0.308. The third-order valence-electron chi connectivity index (χ3n) is 5.52. The van der Waals surface area contributed by atoms with Gasteiger partial charge in [-0.2, -0.15) is 0 Å². The summed E-state index contributed by atoms with van der Waals surface area (Å²) in [6.45, 7) is 10.4. The molecule has 162 valence electrons. The molecule has 0 aliphatic rings. The predicted octanol–water partition coefficient (Wildman–Crippen LogP) is 6.05. The minimum atomic E-state index is -0.0235. The maximum absolute atomic E-state index is 13.5. The number of hydrogen-bond donors (Lipinski definition) is 0. The topological polar surface area (TPSA) is 40.6 Å². The molecule has 0 aliphatic heterocycles. The Morgan fingerprint density at radius 2 is 0.935 bits per heavy atom. The second-order valence-electron chi connectivity index (χ2n) is 7.20. The van der Waals surface area contributed by atoms with Crippen LogP contribution in [-0.4, -0.2) is 47.8 Å². The minimum Gasteiger partial charge on any atom is -0.338 e. The molecule has 0 aliphatic carbocycles. The smallest absolute Gasteiger partial charge is 0.264 e. The Balaban J connectivity index is 2.36. The standard InChI is InChI=1S/C26H30N2O2S/c1-5-27(6-2)25(29)23-21(19-15-11-9-12-16-19)22(20-17-13-10-14-18-20)24(31-23)26(30)28(7-3)8-4/h9-18H,5-8H2,1-4H3. The Kier molecular flexibility index (Phi) is 7.64. The van der Waals surface area contributed by atoms with E-state index in [0.717, 1.165) is 22.3 Å². The van der Waals surface area contributed by atoms with Crippen LogP contribution in [0, 0.1) is 0 Å². The summed E-state index contributed by atoms with van der Waals surface area (Å²) in [6, 6.07) is 19.9. The zero-order valence-corrected chi connectivity index (χ0v) is 19.5. The summed E-state index contributed by atoms with van der Waals surface area (Å²) in [7, 11) is 0. The molecule has 0 N–H and O–H groups in total. The lowest BCUT2D eigenvalue weighted by molar-refractivity contribution is 0.0772. The highest BCUT2D eigenvalue weighted by Gasteiger charge is 2.31. The number of carbonyl (C=O) groups is 2. The molecule has 0 saturated carbocycles. The Morgan fingerprint density at radius 3 is 1.23 bits per heavy atom. The lowest BCUT2D eigenvalue weighted by atomic mass is 9.94. The summed E-state index contributed by atoms with van der Waals surface area (Å²) in [6.07, 6.45) is 0. The van der Waals surface area contributed by atoms with Crippen LogP contribution in [0.15, 0.2) is 60.7 Å². The zero-order valence-electron chi connectivity index (χ0n) is 18.7.